The number of hydrogen-bond acceptors (Lipinski definition) is 4. The van der Waals surface area contributed by atoms with Crippen molar-refractivity contribution in [2.75, 3.05) is 5.73 Å². The number of phenols is 2. The number of phenolic OH excluding ortho intramolecular Hbond substituents is 2. The van der Waals surface area contributed by atoms with E-state index in [0.717, 1.165) is 12.1 Å². The second-order valence-corrected chi connectivity index (χ2v) is 2.04. The van der Waals surface area contributed by atoms with Crippen LogP contribution in [0.25, 0.3) is 0 Å². The highest BCUT2D eigenvalue weighted by Gasteiger charge is 2.04. The fourth-order valence-corrected chi connectivity index (χ4v) is 0.690. The maximum Gasteiger partial charge on any atom is 0.159 e. The molecule has 0 spiro atoms. The normalized spacial score (nSPS) is 9.00. The Hall–Kier alpha value is -1.89. The number of hydrogen-bond donors (Lipinski definition) is 3. The van der Waals surface area contributed by atoms with Gasteiger partial charge in [-0.05, 0) is 0 Å². The minimum absolute atomic E-state index is 0.153. The largest absolute Gasteiger partial charge is 0.504 e. The molecule has 1 aromatic rings. The van der Waals surface area contributed by atoms with E-state index in [4.69, 9.17) is 21.2 Å². The van der Waals surface area contributed by atoms with Gasteiger partial charge in [-0.2, -0.15) is 5.26 Å². The number of nitrogen functional groups attached to an aromatic ring is 1. The van der Waals surface area contributed by atoms with Gasteiger partial charge < -0.3 is 15.9 Å². The van der Waals surface area contributed by atoms with Crippen LogP contribution in [0, 0.1) is 11.3 Å². The number of anilines is 1. The van der Waals surface area contributed by atoms with Crippen molar-refractivity contribution in [1.82, 2.24) is 0 Å². The summed E-state index contributed by atoms with van der Waals surface area (Å²) in [6, 6.07) is 4.02. The zero-order valence-corrected chi connectivity index (χ0v) is 5.57. The molecule has 0 radical (unpaired) electrons. The smallest absolute Gasteiger partial charge is 0.159 e. The Kier molecular flexibility index (Phi) is 1.57. The van der Waals surface area contributed by atoms with Crippen LogP contribution in [-0.4, -0.2) is 10.2 Å². The SMILES string of the molecule is N#Cc1cc(O)c(O)cc1N. The molecule has 0 unspecified atom stereocenters. The van der Waals surface area contributed by atoms with Crippen molar-refractivity contribution in [1.29, 1.82) is 5.26 Å². The first-order valence-electron chi connectivity index (χ1n) is 2.86. The molecular weight excluding hydrogens is 144 g/mol. The monoisotopic (exact) mass is 150 g/mol. The summed E-state index contributed by atoms with van der Waals surface area (Å²) < 4.78 is 0. The number of rotatable bonds is 0. The molecule has 1 aromatic carbocycles. The van der Waals surface area contributed by atoms with Crippen LogP contribution in [-0.2, 0) is 0 Å². The van der Waals surface area contributed by atoms with Gasteiger partial charge in [0, 0.05) is 12.1 Å². The Balaban J connectivity index is 3.35. The van der Waals surface area contributed by atoms with Gasteiger partial charge in [0.15, 0.2) is 11.5 Å². The summed E-state index contributed by atoms with van der Waals surface area (Å²) in [5.74, 6) is -0.655. The van der Waals surface area contributed by atoms with Crippen molar-refractivity contribution in [2.45, 2.75) is 0 Å². The third kappa shape index (κ3) is 1.17. The van der Waals surface area contributed by atoms with Crippen LogP contribution < -0.4 is 5.73 Å². The average molecular weight is 150 g/mol. The lowest BCUT2D eigenvalue weighted by Gasteiger charge is -1.99. The van der Waals surface area contributed by atoms with E-state index in [1.54, 1.807) is 6.07 Å². The minimum Gasteiger partial charge on any atom is -0.504 e. The summed E-state index contributed by atoms with van der Waals surface area (Å²) in [6.45, 7) is 0. The summed E-state index contributed by atoms with van der Waals surface area (Å²) in [5, 5.41) is 26.2. The Morgan fingerprint density at radius 1 is 1.27 bits per heavy atom. The summed E-state index contributed by atoms with van der Waals surface area (Å²) in [6.07, 6.45) is 0. The molecule has 0 aliphatic rings. The third-order valence-electron chi connectivity index (χ3n) is 1.27. The van der Waals surface area contributed by atoms with E-state index in [0.29, 0.717) is 0 Å². The summed E-state index contributed by atoms with van der Waals surface area (Å²) in [5.41, 5.74) is 5.62. The van der Waals surface area contributed by atoms with Crippen LogP contribution in [0.5, 0.6) is 11.5 Å². The van der Waals surface area contributed by atoms with E-state index in [-0.39, 0.29) is 22.7 Å². The van der Waals surface area contributed by atoms with Crippen molar-refractivity contribution < 1.29 is 10.2 Å². The highest BCUT2D eigenvalue weighted by Crippen LogP contribution is 2.28. The van der Waals surface area contributed by atoms with Gasteiger partial charge in [0.2, 0.25) is 0 Å². The van der Waals surface area contributed by atoms with Crippen molar-refractivity contribution in [3.05, 3.63) is 17.7 Å². The molecule has 4 heteroatoms. The highest BCUT2D eigenvalue weighted by atomic mass is 16.3. The van der Waals surface area contributed by atoms with E-state index in [9.17, 15) is 0 Å². The Morgan fingerprint density at radius 3 is 2.36 bits per heavy atom. The van der Waals surface area contributed by atoms with E-state index >= 15 is 0 Å². The standard InChI is InChI=1S/C7H6N2O2/c8-3-4-1-6(10)7(11)2-5(4)9/h1-2,10-11H,9H2. The first-order valence-corrected chi connectivity index (χ1v) is 2.86. The molecular formula is C7H6N2O2. The van der Waals surface area contributed by atoms with E-state index in [1.165, 1.54) is 0 Å². The van der Waals surface area contributed by atoms with Crippen molar-refractivity contribution in [3.63, 3.8) is 0 Å². The third-order valence-corrected chi connectivity index (χ3v) is 1.27. The molecule has 11 heavy (non-hydrogen) atoms. The molecule has 0 fully saturated rings. The van der Waals surface area contributed by atoms with Gasteiger partial charge in [-0.25, -0.2) is 0 Å². The molecule has 4 N–H and O–H groups in total. The lowest BCUT2D eigenvalue weighted by molar-refractivity contribution is 0.404. The second kappa shape index (κ2) is 2.39. The van der Waals surface area contributed by atoms with Crippen LogP contribution in [0.3, 0.4) is 0 Å². The molecule has 0 aromatic heterocycles. The van der Waals surface area contributed by atoms with Crippen LogP contribution in [0.1, 0.15) is 5.56 Å². The number of nitriles is 1. The molecule has 0 amide bonds. The Bertz CT molecular complexity index is 328. The molecule has 4 nitrogen and oxygen atoms in total. The quantitative estimate of drug-likeness (QED) is 0.286. The number of benzene rings is 1. The van der Waals surface area contributed by atoms with Gasteiger partial charge >= 0.3 is 0 Å². The maximum absolute atomic E-state index is 8.90. The molecule has 0 aliphatic carbocycles. The summed E-state index contributed by atoms with van der Waals surface area (Å²) >= 11 is 0. The lowest BCUT2D eigenvalue weighted by atomic mass is 10.2. The zero-order chi connectivity index (χ0) is 8.43. The van der Waals surface area contributed by atoms with E-state index in [2.05, 4.69) is 0 Å². The number of nitrogens with zero attached hydrogens (tertiary/aromatic N) is 1. The molecule has 0 atom stereocenters. The van der Waals surface area contributed by atoms with Crippen LogP contribution >= 0.6 is 0 Å². The van der Waals surface area contributed by atoms with E-state index in [1.807, 2.05) is 0 Å². The lowest BCUT2D eigenvalue weighted by Crippen LogP contribution is -1.89. The highest BCUT2D eigenvalue weighted by molar-refractivity contribution is 5.61. The van der Waals surface area contributed by atoms with Crippen molar-refractivity contribution in [2.24, 2.45) is 0 Å². The molecule has 0 aliphatic heterocycles. The van der Waals surface area contributed by atoms with Gasteiger partial charge in [-0.3, -0.25) is 0 Å². The fraction of sp³-hybridized carbons (Fsp3) is 0. The second-order valence-electron chi connectivity index (χ2n) is 2.04. The molecule has 1 rings (SSSR count). The molecule has 0 bridgehead atoms. The number of aromatic hydroxyl groups is 2. The van der Waals surface area contributed by atoms with Gasteiger partial charge in [-0.15, -0.1) is 0 Å². The Morgan fingerprint density at radius 2 is 1.82 bits per heavy atom. The van der Waals surface area contributed by atoms with Crippen molar-refractivity contribution in [3.8, 4) is 17.6 Å². The van der Waals surface area contributed by atoms with E-state index < -0.39 is 0 Å². The van der Waals surface area contributed by atoms with Crippen LogP contribution in [0.15, 0.2) is 12.1 Å². The van der Waals surface area contributed by atoms with Gasteiger partial charge in [0.05, 0.1) is 11.3 Å². The summed E-state index contributed by atoms with van der Waals surface area (Å²) in [7, 11) is 0. The topological polar surface area (TPSA) is 90.3 Å². The maximum atomic E-state index is 8.90. The first-order chi connectivity index (χ1) is 5.15. The number of nitrogens with two attached hydrogens (primary N) is 1. The molecule has 0 heterocycles. The molecule has 56 valence electrons. The fourth-order valence-electron chi connectivity index (χ4n) is 0.690. The minimum atomic E-state index is -0.337. The van der Waals surface area contributed by atoms with Gasteiger partial charge in [0.25, 0.3) is 0 Å². The first kappa shape index (κ1) is 7.22. The van der Waals surface area contributed by atoms with Gasteiger partial charge in [-0.1, -0.05) is 0 Å². The zero-order valence-electron chi connectivity index (χ0n) is 5.57. The average Bonchev–Trinajstić information content (AvgIpc) is 1.97. The molecule has 0 saturated heterocycles. The Labute approximate surface area is 63.1 Å². The van der Waals surface area contributed by atoms with Crippen LogP contribution in [0.4, 0.5) is 5.69 Å². The predicted molar refractivity (Wildman–Crippen MR) is 38.9 cm³/mol. The predicted octanol–water partition coefficient (Wildman–Crippen LogP) is 0.552. The van der Waals surface area contributed by atoms with Crippen LogP contribution in [0.2, 0.25) is 0 Å². The molecule has 0 saturated carbocycles. The summed E-state index contributed by atoms with van der Waals surface area (Å²) in [4.78, 5) is 0. The van der Waals surface area contributed by atoms with Gasteiger partial charge in [0.1, 0.15) is 6.07 Å². The van der Waals surface area contributed by atoms with Crippen molar-refractivity contribution >= 4 is 5.69 Å².